The van der Waals surface area contributed by atoms with Crippen LogP contribution in [0.4, 0.5) is 0 Å². The first kappa shape index (κ1) is 15.6. The van der Waals surface area contributed by atoms with Gasteiger partial charge < -0.3 is 14.2 Å². The summed E-state index contributed by atoms with van der Waals surface area (Å²) in [4.78, 5) is 2.67. The Labute approximate surface area is 138 Å². The molecular formula is C19H27NO3. The minimum atomic E-state index is -0.285. The van der Waals surface area contributed by atoms with Gasteiger partial charge in [-0.25, -0.2) is 0 Å². The van der Waals surface area contributed by atoms with Crippen LogP contribution in [0.3, 0.4) is 0 Å². The van der Waals surface area contributed by atoms with Gasteiger partial charge >= 0.3 is 0 Å². The Balaban J connectivity index is 1.54. The molecule has 1 aliphatic carbocycles. The molecule has 0 aromatic heterocycles. The predicted molar refractivity (Wildman–Crippen MR) is 88.4 cm³/mol. The van der Waals surface area contributed by atoms with E-state index in [1.807, 2.05) is 0 Å². The Morgan fingerprint density at radius 1 is 0.826 bits per heavy atom. The van der Waals surface area contributed by atoms with E-state index in [-0.39, 0.29) is 11.3 Å². The molecule has 23 heavy (non-hydrogen) atoms. The summed E-state index contributed by atoms with van der Waals surface area (Å²) in [6, 6.07) is 10.9. The molecule has 2 aliphatic heterocycles. The maximum Gasteiger partial charge on any atom is 0.168 e. The first-order valence-electron chi connectivity index (χ1n) is 8.95. The average Bonchev–Trinajstić information content (AvgIpc) is 3.08. The molecule has 3 fully saturated rings. The van der Waals surface area contributed by atoms with Crippen LogP contribution in [0.2, 0.25) is 0 Å². The average molecular weight is 317 g/mol. The highest BCUT2D eigenvalue weighted by atomic mass is 16.7. The molecule has 4 rings (SSSR count). The van der Waals surface area contributed by atoms with Crippen molar-refractivity contribution in [2.75, 3.05) is 39.5 Å². The number of morpholine rings is 1. The third kappa shape index (κ3) is 3.18. The molecule has 0 atom stereocenters. The van der Waals surface area contributed by atoms with Gasteiger partial charge in [0.1, 0.15) is 0 Å². The third-order valence-corrected chi connectivity index (χ3v) is 5.81. The van der Waals surface area contributed by atoms with Crippen LogP contribution in [-0.2, 0) is 20.6 Å². The van der Waals surface area contributed by atoms with E-state index in [1.165, 1.54) is 5.56 Å². The zero-order valence-electron chi connectivity index (χ0n) is 13.8. The minimum Gasteiger partial charge on any atom is -0.379 e. The fourth-order valence-corrected chi connectivity index (χ4v) is 4.50. The Kier molecular flexibility index (Phi) is 4.41. The summed E-state index contributed by atoms with van der Waals surface area (Å²) in [6.07, 6.45) is 5.42. The quantitative estimate of drug-likeness (QED) is 0.857. The lowest BCUT2D eigenvalue weighted by molar-refractivity contribution is -0.197. The van der Waals surface area contributed by atoms with Gasteiger partial charge in [-0.15, -0.1) is 0 Å². The van der Waals surface area contributed by atoms with Crippen molar-refractivity contribution in [2.45, 2.75) is 43.4 Å². The van der Waals surface area contributed by atoms with Crippen molar-refractivity contribution in [2.24, 2.45) is 0 Å². The monoisotopic (exact) mass is 317 g/mol. The molecule has 0 unspecified atom stereocenters. The fourth-order valence-electron chi connectivity index (χ4n) is 4.50. The van der Waals surface area contributed by atoms with Crippen LogP contribution in [0.15, 0.2) is 30.3 Å². The normalized spacial score (nSPS) is 27.3. The van der Waals surface area contributed by atoms with E-state index in [1.54, 1.807) is 0 Å². The van der Waals surface area contributed by atoms with E-state index in [2.05, 4.69) is 35.2 Å². The van der Waals surface area contributed by atoms with E-state index < -0.39 is 0 Å². The van der Waals surface area contributed by atoms with Gasteiger partial charge in [0.05, 0.1) is 26.4 Å². The molecule has 1 spiro atoms. The number of hydrogen-bond acceptors (Lipinski definition) is 4. The van der Waals surface area contributed by atoms with Gasteiger partial charge in [0.15, 0.2) is 5.79 Å². The van der Waals surface area contributed by atoms with E-state index in [9.17, 15) is 0 Å². The Hall–Kier alpha value is -0.940. The SMILES string of the molecule is c1ccc(CC2(N3CCOCC3)CCC3(CC2)OCCO3)cc1. The van der Waals surface area contributed by atoms with Crippen LogP contribution < -0.4 is 0 Å². The predicted octanol–water partition coefficient (Wildman–Crippen LogP) is 2.62. The second-order valence-corrected chi connectivity index (χ2v) is 7.09. The summed E-state index contributed by atoms with van der Waals surface area (Å²) in [7, 11) is 0. The molecule has 0 N–H and O–H groups in total. The fraction of sp³-hybridized carbons (Fsp3) is 0.684. The largest absolute Gasteiger partial charge is 0.379 e. The zero-order valence-corrected chi connectivity index (χ0v) is 13.8. The summed E-state index contributed by atoms with van der Waals surface area (Å²) >= 11 is 0. The van der Waals surface area contributed by atoms with E-state index in [0.29, 0.717) is 0 Å². The molecule has 126 valence electrons. The number of benzene rings is 1. The van der Waals surface area contributed by atoms with Crippen molar-refractivity contribution in [3.63, 3.8) is 0 Å². The molecular weight excluding hydrogens is 290 g/mol. The molecule has 1 saturated carbocycles. The molecule has 1 aromatic carbocycles. The van der Waals surface area contributed by atoms with Crippen LogP contribution >= 0.6 is 0 Å². The van der Waals surface area contributed by atoms with Crippen molar-refractivity contribution in [1.29, 1.82) is 0 Å². The number of hydrogen-bond donors (Lipinski definition) is 0. The minimum absolute atomic E-state index is 0.228. The van der Waals surface area contributed by atoms with Crippen LogP contribution in [0.25, 0.3) is 0 Å². The van der Waals surface area contributed by atoms with E-state index in [0.717, 1.165) is 71.6 Å². The second-order valence-electron chi connectivity index (χ2n) is 7.09. The molecule has 3 aliphatic rings. The van der Waals surface area contributed by atoms with E-state index in [4.69, 9.17) is 14.2 Å². The molecule has 2 heterocycles. The number of ether oxygens (including phenoxy) is 3. The lowest BCUT2D eigenvalue weighted by Crippen LogP contribution is -2.58. The third-order valence-electron chi connectivity index (χ3n) is 5.81. The smallest absolute Gasteiger partial charge is 0.168 e. The number of nitrogens with zero attached hydrogens (tertiary/aromatic N) is 1. The van der Waals surface area contributed by atoms with Gasteiger partial charge in [0.25, 0.3) is 0 Å². The highest BCUT2D eigenvalue weighted by Crippen LogP contribution is 2.44. The Bertz CT molecular complexity index is 497. The summed E-state index contributed by atoms with van der Waals surface area (Å²) in [5.74, 6) is -0.285. The van der Waals surface area contributed by atoms with Crippen molar-refractivity contribution in [3.8, 4) is 0 Å². The first-order valence-corrected chi connectivity index (χ1v) is 8.95. The van der Waals surface area contributed by atoms with Crippen LogP contribution in [0, 0.1) is 0 Å². The van der Waals surface area contributed by atoms with Gasteiger partial charge in [-0.3, -0.25) is 4.90 Å². The molecule has 0 bridgehead atoms. The lowest BCUT2D eigenvalue weighted by atomic mass is 9.73. The second kappa shape index (κ2) is 6.52. The summed E-state index contributed by atoms with van der Waals surface area (Å²) in [5.41, 5.74) is 1.66. The molecule has 4 heteroatoms. The maximum atomic E-state index is 5.95. The van der Waals surface area contributed by atoms with Gasteiger partial charge in [0, 0.05) is 31.5 Å². The molecule has 4 nitrogen and oxygen atoms in total. The lowest BCUT2D eigenvalue weighted by Gasteiger charge is -2.51. The van der Waals surface area contributed by atoms with Gasteiger partial charge in [-0.05, 0) is 24.8 Å². The first-order chi connectivity index (χ1) is 11.3. The van der Waals surface area contributed by atoms with E-state index >= 15 is 0 Å². The Morgan fingerprint density at radius 3 is 2.13 bits per heavy atom. The van der Waals surface area contributed by atoms with Crippen molar-refractivity contribution in [1.82, 2.24) is 4.90 Å². The summed E-state index contributed by atoms with van der Waals surface area (Å²) in [5, 5.41) is 0. The molecule has 2 saturated heterocycles. The van der Waals surface area contributed by atoms with Gasteiger partial charge in [0.2, 0.25) is 0 Å². The van der Waals surface area contributed by atoms with Crippen LogP contribution in [-0.4, -0.2) is 55.7 Å². The van der Waals surface area contributed by atoms with Crippen molar-refractivity contribution in [3.05, 3.63) is 35.9 Å². The highest BCUT2D eigenvalue weighted by molar-refractivity contribution is 5.19. The molecule has 0 radical (unpaired) electrons. The topological polar surface area (TPSA) is 30.9 Å². The maximum absolute atomic E-state index is 5.95. The molecule has 1 aromatic rings. The van der Waals surface area contributed by atoms with Crippen molar-refractivity contribution < 1.29 is 14.2 Å². The zero-order chi connectivity index (χ0) is 15.6. The number of rotatable bonds is 3. The van der Waals surface area contributed by atoms with Crippen LogP contribution in [0.5, 0.6) is 0 Å². The Morgan fingerprint density at radius 2 is 1.48 bits per heavy atom. The van der Waals surface area contributed by atoms with Crippen LogP contribution in [0.1, 0.15) is 31.2 Å². The summed E-state index contributed by atoms with van der Waals surface area (Å²) < 4.78 is 17.5. The highest BCUT2D eigenvalue weighted by Gasteiger charge is 2.48. The standard InChI is InChI=1S/C19H27NO3/c1-2-4-17(5-3-1)16-18(20-10-12-21-13-11-20)6-8-19(9-7-18)22-14-15-23-19/h1-5H,6-16H2. The summed E-state index contributed by atoms with van der Waals surface area (Å²) in [6.45, 7) is 5.30. The molecule has 0 amide bonds. The van der Waals surface area contributed by atoms with Gasteiger partial charge in [-0.1, -0.05) is 30.3 Å². The van der Waals surface area contributed by atoms with Crippen molar-refractivity contribution >= 4 is 0 Å². The van der Waals surface area contributed by atoms with Gasteiger partial charge in [-0.2, -0.15) is 0 Å².